The second-order valence-corrected chi connectivity index (χ2v) is 6.37. The van der Waals surface area contributed by atoms with Crippen LogP contribution < -0.4 is 9.88 Å². The van der Waals surface area contributed by atoms with Crippen molar-refractivity contribution in [2.75, 3.05) is 0 Å². The minimum Gasteiger partial charge on any atom is -0.439 e. The summed E-state index contributed by atoms with van der Waals surface area (Å²) in [5.41, 5.74) is 0.937. The van der Waals surface area contributed by atoms with E-state index in [-0.39, 0.29) is 4.90 Å². The number of hydrogen-bond donors (Lipinski definition) is 1. The lowest BCUT2D eigenvalue weighted by molar-refractivity contribution is 0.458. The number of primary sulfonamides is 1. The van der Waals surface area contributed by atoms with Crippen molar-refractivity contribution in [1.82, 2.24) is 4.98 Å². The van der Waals surface area contributed by atoms with Crippen LogP contribution >= 0.6 is 15.9 Å². The Hall–Kier alpha value is -1.44. The number of hydrogen-bond acceptors (Lipinski definition) is 4. The SMILES string of the molecule is Cc1cc(Br)ccc1Oc1ccc(S(N)(=O)=O)cn1. The fourth-order valence-electron chi connectivity index (χ4n) is 1.44. The molecule has 0 radical (unpaired) electrons. The Morgan fingerprint density at radius 1 is 1.26 bits per heavy atom. The van der Waals surface area contributed by atoms with Gasteiger partial charge in [-0.25, -0.2) is 18.5 Å². The van der Waals surface area contributed by atoms with Crippen molar-refractivity contribution in [2.45, 2.75) is 11.8 Å². The third kappa shape index (κ3) is 3.52. The zero-order valence-corrected chi connectivity index (χ0v) is 12.4. The average Bonchev–Trinajstić information content (AvgIpc) is 2.32. The summed E-state index contributed by atoms with van der Waals surface area (Å²) in [6, 6.07) is 8.37. The van der Waals surface area contributed by atoms with Gasteiger partial charge in [0.25, 0.3) is 0 Å². The topological polar surface area (TPSA) is 82.3 Å². The maximum atomic E-state index is 11.1. The number of nitrogens with two attached hydrogens (primary N) is 1. The number of aromatic nitrogens is 1. The molecule has 0 aliphatic rings. The van der Waals surface area contributed by atoms with E-state index in [2.05, 4.69) is 20.9 Å². The van der Waals surface area contributed by atoms with E-state index < -0.39 is 10.0 Å². The van der Waals surface area contributed by atoms with E-state index in [1.54, 1.807) is 6.07 Å². The quantitative estimate of drug-likeness (QED) is 0.929. The number of ether oxygens (including phenoxy) is 1. The van der Waals surface area contributed by atoms with E-state index in [0.29, 0.717) is 11.6 Å². The van der Waals surface area contributed by atoms with Crippen LogP contribution in [-0.4, -0.2) is 13.4 Å². The zero-order chi connectivity index (χ0) is 14.0. The molecule has 0 spiro atoms. The van der Waals surface area contributed by atoms with Crippen LogP contribution in [0.15, 0.2) is 45.9 Å². The second kappa shape index (κ2) is 5.28. The minimum atomic E-state index is -3.73. The number of aryl methyl sites for hydroxylation is 1. The number of rotatable bonds is 3. The monoisotopic (exact) mass is 342 g/mol. The van der Waals surface area contributed by atoms with Gasteiger partial charge in [-0.1, -0.05) is 15.9 Å². The molecule has 1 aromatic carbocycles. The minimum absolute atomic E-state index is 0.0487. The van der Waals surface area contributed by atoms with Crippen molar-refractivity contribution in [3.63, 3.8) is 0 Å². The highest BCUT2D eigenvalue weighted by atomic mass is 79.9. The van der Waals surface area contributed by atoms with Crippen molar-refractivity contribution < 1.29 is 13.2 Å². The van der Waals surface area contributed by atoms with Crippen LogP contribution in [0.3, 0.4) is 0 Å². The van der Waals surface area contributed by atoms with Gasteiger partial charge in [-0.05, 0) is 36.8 Å². The van der Waals surface area contributed by atoms with Gasteiger partial charge in [0.05, 0.1) is 6.20 Å². The standard InChI is InChI=1S/C12H11BrN2O3S/c1-8-6-9(13)2-4-11(8)18-12-5-3-10(7-15-12)19(14,16)17/h2-7H,1H3,(H2,14,16,17). The summed E-state index contributed by atoms with van der Waals surface area (Å²) in [4.78, 5) is 3.86. The van der Waals surface area contributed by atoms with E-state index in [1.807, 2.05) is 19.1 Å². The fraction of sp³-hybridized carbons (Fsp3) is 0.0833. The van der Waals surface area contributed by atoms with Crippen LogP contribution in [0.1, 0.15) is 5.56 Å². The molecule has 0 aliphatic heterocycles. The number of pyridine rings is 1. The summed E-state index contributed by atoms with van der Waals surface area (Å²) in [6.45, 7) is 1.90. The van der Waals surface area contributed by atoms with Gasteiger partial charge in [0.1, 0.15) is 10.6 Å². The van der Waals surface area contributed by atoms with Crippen molar-refractivity contribution in [2.24, 2.45) is 5.14 Å². The molecular formula is C12H11BrN2O3S. The number of sulfonamides is 1. The highest BCUT2D eigenvalue weighted by Crippen LogP contribution is 2.26. The molecule has 7 heteroatoms. The molecule has 1 heterocycles. The van der Waals surface area contributed by atoms with Gasteiger partial charge in [-0.2, -0.15) is 0 Å². The lowest BCUT2D eigenvalue weighted by Gasteiger charge is -2.08. The summed E-state index contributed by atoms with van der Waals surface area (Å²) >= 11 is 3.36. The Labute approximate surface area is 119 Å². The molecule has 2 N–H and O–H groups in total. The highest BCUT2D eigenvalue weighted by Gasteiger charge is 2.09. The van der Waals surface area contributed by atoms with Gasteiger partial charge in [0.15, 0.2) is 0 Å². The molecule has 0 aliphatic carbocycles. The Morgan fingerprint density at radius 2 is 2.00 bits per heavy atom. The van der Waals surface area contributed by atoms with Gasteiger partial charge < -0.3 is 4.74 Å². The van der Waals surface area contributed by atoms with Crippen LogP contribution in [0.2, 0.25) is 0 Å². The Morgan fingerprint density at radius 3 is 2.53 bits per heavy atom. The van der Waals surface area contributed by atoms with Crippen molar-refractivity contribution in [1.29, 1.82) is 0 Å². The molecule has 0 fully saturated rings. The number of benzene rings is 1. The van der Waals surface area contributed by atoms with E-state index in [1.165, 1.54) is 18.3 Å². The first kappa shape index (κ1) is 14.0. The maximum Gasteiger partial charge on any atom is 0.239 e. The van der Waals surface area contributed by atoms with Gasteiger partial charge in [-0.3, -0.25) is 0 Å². The van der Waals surface area contributed by atoms with Crippen LogP contribution in [-0.2, 0) is 10.0 Å². The lowest BCUT2D eigenvalue weighted by Crippen LogP contribution is -2.12. The predicted molar refractivity (Wildman–Crippen MR) is 74.6 cm³/mol. The molecular weight excluding hydrogens is 332 g/mol. The van der Waals surface area contributed by atoms with Crippen LogP contribution in [0, 0.1) is 6.92 Å². The molecule has 0 bridgehead atoms. The van der Waals surface area contributed by atoms with E-state index in [0.717, 1.165) is 10.0 Å². The Kier molecular flexibility index (Phi) is 3.88. The summed E-state index contributed by atoms with van der Waals surface area (Å²) in [5, 5.41) is 4.99. The normalized spacial score (nSPS) is 11.3. The first-order valence-electron chi connectivity index (χ1n) is 5.29. The first-order chi connectivity index (χ1) is 8.86. The summed E-state index contributed by atoms with van der Waals surface area (Å²) in [5.74, 6) is 0.955. The third-order valence-electron chi connectivity index (χ3n) is 2.39. The molecule has 1 aromatic heterocycles. The third-order valence-corrected chi connectivity index (χ3v) is 3.78. The first-order valence-corrected chi connectivity index (χ1v) is 7.63. The van der Waals surface area contributed by atoms with Gasteiger partial charge >= 0.3 is 0 Å². The molecule has 19 heavy (non-hydrogen) atoms. The zero-order valence-electron chi connectivity index (χ0n) is 10.00. The van der Waals surface area contributed by atoms with E-state index in [9.17, 15) is 8.42 Å². The fourth-order valence-corrected chi connectivity index (χ4v) is 2.37. The van der Waals surface area contributed by atoms with Crippen molar-refractivity contribution in [3.8, 4) is 11.6 Å². The average molecular weight is 343 g/mol. The molecule has 5 nitrogen and oxygen atoms in total. The molecule has 2 rings (SSSR count). The predicted octanol–water partition coefficient (Wildman–Crippen LogP) is 2.59. The second-order valence-electron chi connectivity index (χ2n) is 3.89. The van der Waals surface area contributed by atoms with Crippen LogP contribution in [0.5, 0.6) is 11.6 Å². The largest absolute Gasteiger partial charge is 0.439 e. The summed E-state index contributed by atoms with van der Waals surface area (Å²) in [7, 11) is -3.73. The van der Waals surface area contributed by atoms with Crippen molar-refractivity contribution >= 4 is 26.0 Å². The maximum absolute atomic E-state index is 11.1. The number of halogens is 1. The molecule has 0 amide bonds. The molecule has 0 saturated heterocycles. The lowest BCUT2D eigenvalue weighted by atomic mass is 10.2. The molecule has 0 saturated carbocycles. The van der Waals surface area contributed by atoms with Gasteiger partial charge in [-0.15, -0.1) is 0 Å². The number of nitrogens with zero attached hydrogens (tertiary/aromatic N) is 1. The molecule has 100 valence electrons. The van der Waals surface area contributed by atoms with E-state index >= 15 is 0 Å². The van der Waals surface area contributed by atoms with Crippen molar-refractivity contribution in [3.05, 3.63) is 46.6 Å². The molecule has 0 unspecified atom stereocenters. The van der Waals surface area contributed by atoms with Crippen LogP contribution in [0.4, 0.5) is 0 Å². The smallest absolute Gasteiger partial charge is 0.239 e. The highest BCUT2D eigenvalue weighted by molar-refractivity contribution is 9.10. The Balaban J connectivity index is 2.25. The van der Waals surface area contributed by atoms with E-state index in [4.69, 9.17) is 9.88 Å². The summed E-state index contributed by atoms with van der Waals surface area (Å²) in [6.07, 6.45) is 1.17. The van der Waals surface area contributed by atoms with Crippen LogP contribution in [0.25, 0.3) is 0 Å². The molecule has 2 aromatic rings. The summed E-state index contributed by atoms with van der Waals surface area (Å²) < 4.78 is 28.7. The Bertz CT molecular complexity index is 699. The van der Waals surface area contributed by atoms with Gasteiger partial charge in [0.2, 0.25) is 15.9 Å². The molecule has 0 atom stereocenters. The van der Waals surface area contributed by atoms with Gasteiger partial charge in [0, 0.05) is 10.5 Å².